The van der Waals surface area contributed by atoms with Crippen molar-refractivity contribution in [1.82, 2.24) is 0 Å². The minimum atomic E-state index is -0.569. The molecule has 1 aliphatic rings. The van der Waals surface area contributed by atoms with E-state index in [1.807, 2.05) is 0 Å². The number of amides is 1. The second-order valence-corrected chi connectivity index (χ2v) is 11.6. The van der Waals surface area contributed by atoms with Gasteiger partial charge in [-0.05, 0) is 60.4 Å². The summed E-state index contributed by atoms with van der Waals surface area (Å²) < 4.78 is 5.09. The van der Waals surface area contributed by atoms with Crippen molar-refractivity contribution < 1.29 is 19.6 Å². The lowest BCUT2D eigenvalue weighted by molar-refractivity contribution is -0.385. The van der Waals surface area contributed by atoms with Crippen LogP contribution in [-0.4, -0.2) is 29.3 Å². The molecule has 10 heteroatoms. The number of non-ortho nitro benzene ring substituents is 1. The van der Waals surface area contributed by atoms with E-state index in [0.29, 0.717) is 27.2 Å². The van der Waals surface area contributed by atoms with E-state index in [4.69, 9.17) is 16.3 Å². The number of phenols is 1. The van der Waals surface area contributed by atoms with Gasteiger partial charge in [0.15, 0.2) is 11.5 Å². The Labute approximate surface area is 224 Å². The molecule has 4 rings (SSSR count). The van der Waals surface area contributed by atoms with Crippen molar-refractivity contribution in [2.24, 2.45) is 16.3 Å². The number of anilines is 1. The monoisotopic (exact) mass is 541 g/mol. The Morgan fingerprint density at radius 3 is 2.62 bits per heavy atom. The molecule has 2 N–H and O–H groups in total. The van der Waals surface area contributed by atoms with Crippen molar-refractivity contribution in [3.63, 3.8) is 0 Å². The van der Waals surface area contributed by atoms with Crippen LogP contribution >= 0.6 is 22.9 Å². The number of aromatic hydroxyl groups is 1. The highest BCUT2D eigenvalue weighted by atomic mass is 35.5. The van der Waals surface area contributed by atoms with Crippen molar-refractivity contribution in [3.05, 3.63) is 73.1 Å². The summed E-state index contributed by atoms with van der Waals surface area (Å²) in [6.45, 7) is 6.67. The molecule has 0 bridgehead atoms. The molecule has 0 spiro atoms. The third-order valence-corrected chi connectivity index (χ3v) is 8.06. The molecular formula is C27H28ClN3O5S. The van der Waals surface area contributed by atoms with Crippen LogP contribution in [0.25, 0.3) is 0 Å². The van der Waals surface area contributed by atoms with E-state index in [1.54, 1.807) is 24.3 Å². The number of nitro groups is 1. The Balaban J connectivity index is 1.76. The molecule has 1 aliphatic carbocycles. The average Bonchev–Trinajstić information content (AvgIpc) is 3.22. The van der Waals surface area contributed by atoms with Crippen LogP contribution in [-0.2, 0) is 12.8 Å². The lowest BCUT2D eigenvalue weighted by Gasteiger charge is -2.33. The van der Waals surface area contributed by atoms with Gasteiger partial charge in [-0.3, -0.25) is 14.9 Å². The predicted molar refractivity (Wildman–Crippen MR) is 147 cm³/mol. The van der Waals surface area contributed by atoms with Crippen molar-refractivity contribution in [1.29, 1.82) is 0 Å². The van der Waals surface area contributed by atoms with Crippen LogP contribution < -0.4 is 10.1 Å². The third kappa shape index (κ3) is 5.78. The van der Waals surface area contributed by atoms with Gasteiger partial charge in [-0.25, -0.2) is 4.99 Å². The highest BCUT2D eigenvalue weighted by Gasteiger charge is 2.33. The summed E-state index contributed by atoms with van der Waals surface area (Å²) in [6.07, 6.45) is 3.89. The van der Waals surface area contributed by atoms with Gasteiger partial charge in [0, 0.05) is 33.4 Å². The maximum atomic E-state index is 13.5. The number of thiophene rings is 1. The Hall–Kier alpha value is -3.43. The van der Waals surface area contributed by atoms with Gasteiger partial charge in [-0.1, -0.05) is 32.4 Å². The molecular weight excluding hydrogens is 514 g/mol. The second-order valence-electron chi connectivity index (χ2n) is 10.1. The van der Waals surface area contributed by atoms with E-state index >= 15 is 0 Å². The predicted octanol–water partition coefficient (Wildman–Crippen LogP) is 7.18. The molecule has 0 aliphatic heterocycles. The number of rotatable bonds is 6. The molecule has 0 saturated carbocycles. The molecule has 3 aromatic rings. The molecule has 1 amide bonds. The maximum absolute atomic E-state index is 13.5. The van der Waals surface area contributed by atoms with Gasteiger partial charge < -0.3 is 15.2 Å². The molecule has 0 fully saturated rings. The van der Waals surface area contributed by atoms with Crippen molar-refractivity contribution >= 4 is 51.4 Å². The number of ether oxygens (including phenoxy) is 1. The van der Waals surface area contributed by atoms with Gasteiger partial charge in [0.2, 0.25) is 0 Å². The summed E-state index contributed by atoms with van der Waals surface area (Å²) in [5, 5.41) is 25.9. The zero-order chi connectivity index (χ0) is 26.9. The number of carbonyl (C=O) groups excluding carboxylic acids is 1. The first-order chi connectivity index (χ1) is 17.5. The first kappa shape index (κ1) is 26.6. The first-order valence-electron chi connectivity index (χ1n) is 11.8. The maximum Gasteiger partial charge on any atom is 0.274 e. The van der Waals surface area contributed by atoms with E-state index in [1.165, 1.54) is 30.7 Å². The van der Waals surface area contributed by atoms with Crippen LogP contribution in [0.4, 0.5) is 16.4 Å². The SMILES string of the molecule is COc1cc([N+](=O)[O-])cc(C=Nc2sc3c(c2C(=O)Nc2ccc(Cl)cc2)CC[C@@H](C(C)(C)C)C3)c1O. The quantitative estimate of drug-likeness (QED) is 0.195. The summed E-state index contributed by atoms with van der Waals surface area (Å²) in [5.41, 5.74) is 2.07. The fraction of sp³-hybridized carbons (Fsp3) is 0.333. The van der Waals surface area contributed by atoms with Crippen molar-refractivity contribution in [2.75, 3.05) is 12.4 Å². The van der Waals surface area contributed by atoms with E-state index < -0.39 is 4.92 Å². The zero-order valence-corrected chi connectivity index (χ0v) is 22.6. The summed E-state index contributed by atoms with van der Waals surface area (Å²) in [4.78, 5) is 29.9. The topological polar surface area (TPSA) is 114 Å². The highest BCUT2D eigenvalue weighted by Crippen LogP contribution is 2.45. The number of nitrogens with zero attached hydrogens (tertiary/aromatic N) is 2. The summed E-state index contributed by atoms with van der Waals surface area (Å²) in [7, 11) is 1.32. The number of halogens is 1. The number of nitro benzene ring substituents is 1. The Bertz CT molecular complexity index is 1380. The van der Waals surface area contributed by atoms with Gasteiger partial charge >= 0.3 is 0 Å². The number of benzene rings is 2. The number of hydrogen-bond acceptors (Lipinski definition) is 7. The summed E-state index contributed by atoms with van der Waals surface area (Å²) >= 11 is 7.42. The number of methoxy groups -OCH3 is 1. The molecule has 0 saturated heterocycles. The van der Waals surface area contributed by atoms with Gasteiger partial charge in [-0.2, -0.15) is 0 Å². The van der Waals surface area contributed by atoms with Crippen LogP contribution in [0.2, 0.25) is 5.02 Å². The molecule has 1 heterocycles. The molecule has 2 aromatic carbocycles. The normalized spacial score (nSPS) is 15.4. The molecule has 1 aromatic heterocycles. The van der Waals surface area contributed by atoms with E-state index in [0.717, 1.165) is 35.8 Å². The Morgan fingerprint density at radius 2 is 2.00 bits per heavy atom. The van der Waals surface area contributed by atoms with Crippen LogP contribution in [0.5, 0.6) is 11.5 Å². The standard InChI is InChI=1S/C27H28ClN3O5S/c1-27(2,3)16-5-10-20-22(12-16)37-26(23(20)25(33)30-18-8-6-17(28)7-9-18)29-14-15-11-19(31(34)35)13-21(36-4)24(15)32/h6-9,11,13-14,16,32H,5,10,12H2,1-4H3,(H,30,33)/t16-/m1/s1. The average molecular weight is 542 g/mol. The fourth-order valence-electron chi connectivity index (χ4n) is 4.46. The largest absolute Gasteiger partial charge is 0.504 e. The van der Waals surface area contributed by atoms with Crippen LogP contribution in [0.1, 0.15) is 53.6 Å². The summed E-state index contributed by atoms with van der Waals surface area (Å²) in [6, 6.07) is 9.22. The molecule has 0 radical (unpaired) electrons. The third-order valence-electron chi connectivity index (χ3n) is 6.64. The smallest absolute Gasteiger partial charge is 0.274 e. The number of fused-ring (bicyclic) bond motifs is 1. The van der Waals surface area contributed by atoms with Crippen LogP contribution in [0.3, 0.4) is 0 Å². The number of carbonyl (C=O) groups is 1. The first-order valence-corrected chi connectivity index (χ1v) is 13.0. The van der Waals surface area contributed by atoms with E-state index in [9.17, 15) is 20.0 Å². The molecule has 1 atom stereocenters. The Kier molecular flexibility index (Phi) is 7.57. The lowest BCUT2D eigenvalue weighted by Crippen LogP contribution is -2.27. The van der Waals surface area contributed by atoms with Crippen LogP contribution in [0.15, 0.2) is 41.4 Å². The van der Waals surface area contributed by atoms with Crippen molar-refractivity contribution in [3.8, 4) is 11.5 Å². The van der Waals surface area contributed by atoms with Gasteiger partial charge in [0.25, 0.3) is 11.6 Å². The van der Waals surface area contributed by atoms with Gasteiger partial charge in [0.05, 0.1) is 23.7 Å². The molecule has 37 heavy (non-hydrogen) atoms. The fourth-order valence-corrected chi connectivity index (χ4v) is 5.86. The van der Waals surface area contributed by atoms with E-state index in [2.05, 4.69) is 31.1 Å². The van der Waals surface area contributed by atoms with Gasteiger partial charge in [-0.15, -0.1) is 11.3 Å². The Morgan fingerprint density at radius 1 is 1.30 bits per heavy atom. The molecule has 194 valence electrons. The summed E-state index contributed by atoms with van der Waals surface area (Å²) in [5.74, 6) is -0.122. The lowest BCUT2D eigenvalue weighted by atomic mass is 9.72. The number of hydrogen-bond donors (Lipinski definition) is 2. The highest BCUT2D eigenvalue weighted by molar-refractivity contribution is 7.16. The van der Waals surface area contributed by atoms with Crippen molar-refractivity contribution in [2.45, 2.75) is 40.0 Å². The number of nitrogens with one attached hydrogen (secondary N) is 1. The van der Waals surface area contributed by atoms with E-state index in [-0.39, 0.29) is 34.1 Å². The van der Waals surface area contributed by atoms with Gasteiger partial charge in [0.1, 0.15) is 5.00 Å². The zero-order valence-electron chi connectivity index (χ0n) is 21.0. The number of aliphatic imine (C=N–C) groups is 1. The number of phenolic OH excluding ortho intramolecular Hbond substituents is 1. The van der Waals surface area contributed by atoms with Crippen LogP contribution in [0, 0.1) is 21.4 Å². The minimum absolute atomic E-state index is 0.0325. The second kappa shape index (κ2) is 10.5. The minimum Gasteiger partial charge on any atom is -0.504 e. The molecule has 0 unspecified atom stereocenters. The molecule has 8 nitrogen and oxygen atoms in total.